The van der Waals surface area contributed by atoms with Gasteiger partial charge in [0.1, 0.15) is 6.04 Å². The lowest BCUT2D eigenvalue weighted by Gasteiger charge is -2.26. The second-order valence-electron chi connectivity index (χ2n) is 5.28. The van der Waals surface area contributed by atoms with Gasteiger partial charge in [0.25, 0.3) is 0 Å². The molecule has 0 aliphatic carbocycles. The van der Waals surface area contributed by atoms with Crippen molar-refractivity contribution in [3.63, 3.8) is 0 Å². The van der Waals surface area contributed by atoms with Crippen molar-refractivity contribution in [1.29, 1.82) is 0 Å². The summed E-state index contributed by atoms with van der Waals surface area (Å²) < 4.78 is -0.236. The third-order valence-electron chi connectivity index (χ3n) is 3.10. The molecule has 0 radical (unpaired) electrons. The van der Waals surface area contributed by atoms with Crippen molar-refractivity contribution in [2.24, 2.45) is 0 Å². The molecule has 1 unspecified atom stereocenters. The molecule has 1 aromatic rings. The summed E-state index contributed by atoms with van der Waals surface area (Å²) in [4.78, 5) is 26.0. The normalized spacial score (nSPS) is 19.5. The van der Waals surface area contributed by atoms with Crippen LogP contribution in [0.15, 0.2) is 29.2 Å². The van der Waals surface area contributed by atoms with Crippen LogP contribution in [-0.2, 0) is 9.59 Å². The first-order valence-electron chi connectivity index (χ1n) is 6.15. The number of carbonyl (C=O) groups excluding carboxylic acids is 1. The molecule has 5 heteroatoms. The van der Waals surface area contributed by atoms with E-state index in [0.717, 1.165) is 4.90 Å². The van der Waals surface area contributed by atoms with Crippen LogP contribution in [0, 0.1) is 0 Å². The van der Waals surface area contributed by atoms with E-state index in [2.05, 4.69) is 0 Å². The molecule has 4 nitrogen and oxygen atoms in total. The second-order valence-corrected chi connectivity index (χ2v) is 7.03. The number of carbonyl (C=O) groups is 2. The average molecular weight is 279 g/mol. The maximum atomic E-state index is 12.4. The third kappa shape index (κ3) is 2.76. The highest BCUT2D eigenvalue weighted by Crippen LogP contribution is 2.44. The molecule has 0 bridgehead atoms. The highest BCUT2D eigenvalue weighted by atomic mass is 32.2. The van der Waals surface area contributed by atoms with Crippen LogP contribution in [0.3, 0.4) is 0 Å². The van der Waals surface area contributed by atoms with Crippen molar-refractivity contribution >= 4 is 29.3 Å². The summed E-state index contributed by atoms with van der Waals surface area (Å²) in [6.45, 7) is 5.54. The maximum absolute atomic E-state index is 12.4. The van der Waals surface area contributed by atoms with Gasteiger partial charge >= 0.3 is 5.97 Å². The molecule has 0 saturated carbocycles. The van der Waals surface area contributed by atoms with Crippen LogP contribution in [0.1, 0.15) is 27.2 Å². The molecular formula is C14H17NO3S. The molecule has 1 aliphatic rings. The van der Waals surface area contributed by atoms with E-state index in [1.54, 1.807) is 24.8 Å². The number of hydrogen-bond donors (Lipinski definition) is 1. The Morgan fingerprint density at radius 2 is 2.05 bits per heavy atom. The van der Waals surface area contributed by atoms with Crippen LogP contribution < -0.4 is 4.90 Å². The average Bonchev–Trinajstić information content (AvgIpc) is 2.39. The number of carboxylic acid groups (broad SMARTS) is 1. The van der Waals surface area contributed by atoms with Gasteiger partial charge in [-0.1, -0.05) is 12.1 Å². The Labute approximate surface area is 116 Å². The minimum Gasteiger partial charge on any atom is -0.480 e. The Morgan fingerprint density at radius 1 is 1.42 bits per heavy atom. The number of anilines is 1. The quantitative estimate of drug-likeness (QED) is 0.904. The molecule has 0 aromatic heterocycles. The Morgan fingerprint density at radius 3 is 2.68 bits per heavy atom. The number of hydrogen-bond acceptors (Lipinski definition) is 3. The molecule has 0 saturated heterocycles. The monoisotopic (exact) mass is 279 g/mol. The SMILES string of the molecule is CC(C(=O)O)N1C(=O)CC(C)(C)Sc2ccccc21. The summed E-state index contributed by atoms with van der Waals surface area (Å²) >= 11 is 1.62. The summed E-state index contributed by atoms with van der Waals surface area (Å²) in [7, 11) is 0. The number of aliphatic carboxylic acids is 1. The zero-order valence-corrected chi connectivity index (χ0v) is 12.0. The first-order valence-corrected chi connectivity index (χ1v) is 6.96. The van der Waals surface area contributed by atoms with Crippen molar-refractivity contribution < 1.29 is 14.7 Å². The largest absolute Gasteiger partial charge is 0.480 e. The number of fused-ring (bicyclic) bond motifs is 1. The molecule has 19 heavy (non-hydrogen) atoms. The molecular weight excluding hydrogens is 262 g/mol. The van der Waals surface area contributed by atoms with E-state index in [1.807, 2.05) is 32.0 Å². The van der Waals surface area contributed by atoms with Gasteiger partial charge in [-0.3, -0.25) is 9.69 Å². The van der Waals surface area contributed by atoms with Crippen LogP contribution in [-0.4, -0.2) is 27.8 Å². The topological polar surface area (TPSA) is 57.6 Å². The zero-order valence-electron chi connectivity index (χ0n) is 11.2. The molecule has 2 rings (SSSR count). The van der Waals surface area contributed by atoms with Gasteiger partial charge in [0.2, 0.25) is 5.91 Å². The van der Waals surface area contributed by atoms with E-state index >= 15 is 0 Å². The second kappa shape index (κ2) is 4.89. The van der Waals surface area contributed by atoms with Crippen LogP contribution in [0.25, 0.3) is 0 Å². The number of para-hydroxylation sites is 1. The van der Waals surface area contributed by atoms with E-state index in [1.165, 1.54) is 4.90 Å². The summed E-state index contributed by atoms with van der Waals surface area (Å²) in [5, 5.41) is 9.20. The van der Waals surface area contributed by atoms with Crippen molar-refractivity contribution in [1.82, 2.24) is 0 Å². The predicted molar refractivity (Wildman–Crippen MR) is 75.6 cm³/mol. The van der Waals surface area contributed by atoms with Gasteiger partial charge in [-0.2, -0.15) is 0 Å². The number of benzene rings is 1. The van der Waals surface area contributed by atoms with Gasteiger partial charge in [-0.05, 0) is 32.9 Å². The number of thioether (sulfide) groups is 1. The van der Waals surface area contributed by atoms with E-state index in [9.17, 15) is 14.7 Å². The van der Waals surface area contributed by atoms with Gasteiger partial charge in [0.05, 0.1) is 5.69 Å². The smallest absolute Gasteiger partial charge is 0.326 e. The molecule has 1 aromatic carbocycles. The summed E-state index contributed by atoms with van der Waals surface area (Å²) in [6.07, 6.45) is 0.323. The minimum absolute atomic E-state index is 0.141. The molecule has 102 valence electrons. The van der Waals surface area contributed by atoms with Gasteiger partial charge in [-0.25, -0.2) is 4.79 Å². The maximum Gasteiger partial charge on any atom is 0.326 e. The lowest BCUT2D eigenvalue weighted by atomic mass is 10.1. The van der Waals surface area contributed by atoms with Crippen molar-refractivity contribution in [3.8, 4) is 0 Å². The Bertz CT molecular complexity index is 527. The molecule has 1 amide bonds. The van der Waals surface area contributed by atoms with Gasteiger partial charge in [0.15, 0.2) is 0 Å². The summed E-state index contributed by atoms with van der Waals surface area (Å²) in [5.74, 6) is -1.13. The van der Waals surface area contributed by atoms with E-state index in [4.69, 9.17) is 0 Å². The van der Waals surface area contributed by atoms with Gasteiger partial charge in [-0.15, -0.1) is 11.8 Å². The molecule has 1 aliphatic heterocycles. The third-order valence-corrected chi connectivity index (χ3v) is 4.36. The highest BCUT2D eigenvalue weighted by molar-refractivity contribution is 8.00. The van der Waals surface area contributed by atoms with Crippen LogP contribution in [0.5, 0.6) is 0 Å². The van der Waals surface area contributed by atoms with Crippen molar-refractivity contribution in [3.05, 3.63) is 24.3 Å². The number of carboxylic acids is 1. The highest BCUT2D eigenvalue weighted by Gasteiger charge is 2.36. The standard InChI is InChI=1S/C14H17NO3S/c1-9(13(17)18)15-10-6-4-5-7-11(10)19-14(2,3)8-12(15)16/h4-7,9H,8H2,1-3H3,(H,17,18). The molecule has 0 spiro atoms. The summed E-state index contributed by atoms with van der Waals surface area (Å²) in [5.41, 5.74) is 0.693. The minimum atomic E-state index is -0.993. The predicted octanol–water partition coefficient (Wildman–Crippen LogP) is 2.77. The van der Waals surface area contributed by atoms with E-state index in [-0.39, 0.29) is 10.7 Å². The summed E-state index contributed by atoms with van der Waals surface area (Å²) in [6, 6.07) is 6.61. The fourth-order valence-electron chi connectivity index (χ4n) is 2.20. The van der Waals surface area contributed by atoms with Gasteiger partial charge < -0.3 is 5.11 Å². The first kappa shape index (κ1) is 13.9. The molecule has 0 fully saturated rings. The molecule has 1 N–H and O–H groups in total. The van der Waals surface area contributed by atoms with E-state index in [0.29, 0.717) is 12.1 Å². The Balaban J connectivity index is 2.54. The lowest BCUT2D eigenvalue weighted by Crippen LogP contribution is -2.44. The fraction of sp³-hybridized carbons (Fsp3) is 0.429. The lowest BCUT2D eigenvalue weighted by molar-refractivity contribution is -0.139. The van der Waals surface area contributed by atoms with Crippen molar-refractivity contribution in [2.45, 2.75) is 42.9 Å². The first-order chi connectivity index (χ1) is 8.82. The fourth-order valence-corrected chi connectivity index (χ4v) is 3.40. The Kier molecular flexibility index (Phi) is 3.58. The number of rotatable bonds is 2. The van der Waals surface area contributed by atoms with Crippen LogP contribution >= 0.6 is 11.8 Å². The van der Waals surface area contributed by atoms with Crippen molar-refractivity contribution in [2.75, 3.05) is 4.90 Å². The zero-order chi connectivity index (χ0) is 14.2. The number of amides is 1. The van der Waals surface area contributed by atoms with E-state index < -0.39 is 12.0 Å². The molecule has 1 atom stereocenters. The van der Waals surface area contributed by atoms with Gasteiger partial charge in [0, 0.05) is 16.1 Å². The van der Waals surface area contributed by atoms with Crippen LogP contribution in [0.2, 0.25) is 0 Å². The van der Waals surface area contributed by atoms with Crippen LogP contribution in [0.4, 0.5) is 5.69 Å². The number of nitrogens with zero attached hydrogens (tertiary/aromatic N) is 1. The Hall–Kier alpha value is -1.49. The molecule has 1 heterocycles.